The molecule has 0 radical (unpaired) electrons. The molecule has 0 aliphatic carbocycles. The first kappa shape index (κ1) is 15.2. The molecular weight excluding hydrogens is 315 g/mol. The molecule has 0 fully saturated rings. The van der Waals surface area contributed by atoms with E-state index in [9.17, 15) is 9.18 Å². The monoisotopic (exact) mass is 328 g/mol. The molecular formula is C12H14BrFN4O. The molecule has 2 N–H and O–H groups in total. The summed E-state index contributed by atoms with van der Waals surface area (Å²) in [5.74, 6) is -0.516. The molecule has 2 amide bonds. The maximum absolute atomic E-state index is 13.8. The van der Waals surface area contributed by atoms with Gasteiger partial charge in [0.05, 0.1) is 15.7 Å². The number of amides is 2. The summed E-state index contributed by atoms with van der Waals surface area (Å²) in [6.07, 6.45) is 0. The van der Waals surface area contributed by atoms with E-state index in [1.165, 1.54) is 17.0 Å². The normalized spacial score (nSPS) is 9.63. The summed E-state index contributed by atoms with van der Waals surface area (Å²) < 4.78 is 13.9. The third-order valence-corrected chi connectivity index (χ3v) is 3.10. The van der Waals surface area contributed by atoms with Crippen LogP contribution in [0.5, 0.6) is 0 Å². The molecule has 0 aliphatic rings. The number of nitrogens with zero attached hydrogens (tertiary/aromatic N) is 2. The lowest BCUT2D eigenvalue weighted by atomic mass is 10.2. The van der Waals surface area contributed by atoms with Crippen LogP contribution in [0.25, 0.3) is 0 Å². The SMILES string of the molecule is CN(C)C(=O)NCCNc1ccc(C#N)c(Br)c1F. The van der Waals surface area contributed by atoms with E-state index in [2.05, 4.69) is 26.6 Å². The first-order valence-corrected chi connectivity index (χ1v) is 6.33. The van der Waals surface area contributed by atoms with Crippen LogP contribution in [0.3, 0.4) is 0 Å². The zero-order valence-electron chi connectivity index (χ0n) is 10.6. The van der Waals surface area contributed by atoms with Crippen molar-refractivity contribution in [1.29, 1.82) is 5.26 Å². The summed E-state index contributed by atoms with van der Waals surface area (Å²) in [7, 11) is 3.28. The molecule has 0 bridgehead atoms. The predicted octanol–water partition coefficient (Wildman–Crippen LogP) is 2.14. The lowest BCUT2D eigenvalue weighted by Gasteiger charge is -2.13. The fourth-order valence-electron chi connectivity index (χ4n) is 1.30. The Hall–Kier alpha value is -1.81. The zero-order chi connectivity index (χ0) is 14.4. The minimum Gasteiger partial charge on any atom is -0.381 e. The minimum atomic E-state index is -0.516. The number of anilines is 1. The van der Waals surface area contributed by atoms with Gasteiger partial charge in [0, 0.05) is 27.2 Å². The Kier molecular flexibility index (Phi) is 5.57. The van der Waals surface area contributed by atoms with Gasteiger partial charge in [0.25, 0.3) is 0 Å². The lowest BCUT2D eigenvalue weighted by molar-refractivity contribution is 0.218. The topological polar surface area (TPSA) is 68.2 Å². The molecule has 1 aromatic rings. The summed E-state index contributed by atoms with van der Waals surface area (Å²) in [6.45, 7) is 0.753. The van der Waals surface area contributed by atoms with Gasteiger partial charge < -0.3 is 15.5 Å². The van der Waals surface area contributed by atoms with Gasteiger partial charge in [-0.15, -0.1) is 0 Å². The molecule has 0 aromatic heterocycles. The molecule has 0 saturated carbocycles. The van der Waals surface area contributed by atoms with Crippen LogP contribution in [-0.4, -0.2) is 38.1 Å². The van der Waals surface area contributed by atoms with Crippen LogP contribution in [0.1, 0.15) is 5.56 Å². The van der Waals surface area contributed by atoms with Gasteiger partial charge in [-0.2, -0.15) is 5.26 Å². The van der Waals surface area contributed by atoms with Gasteiger partial charge in [-0.05, 0) is 28.1 Å². The number of hydrogen-bond donors (Lipinski definition) is 2. The maximum atomic E-state index is 13.8. The molecule has 0 unspecified atom stereocenters. The second kappa shape index (κ2) is 6.95. The standard InChI is InChI=1S/C12H14BrFN4O/c1-18(2)12(19)17-6-5-16-9-4-3-8(7-15)10(13)11(9)14/h3-4,16H,5-6H2,1-2H3,(H,17,19). The highest BCUT2D eigenvalue weighted by molar-refractivity contribution is 9.10. The van der Waals surface area contributed by atoms with Gasteiger partial charge >= 0.3 is 6.03 Å². The highest BCUT2D eigenvalue weighted by Gasteiger charge is 2.10. The van der Waals surface area contributed by atoms with E-state index in [1.807, 2.05) is 6.07 Å². The van der Waals surface area contributed by atoms with Crippen molar-refractivity contribution in [3.05, 3.63) is 28.0 Å². The number of nitriles is 1. The number of carbonyl (C=O) groups is 1. The molecule has 0 atom stereocenters. The van der Waals surface area contributed by atoms with E-state index in [0.717, 1.165) is 0 Å². The van der Waals surface area contributed by atoms with E-state index in [0.29, 0.717) is 13.1 Å². The van der Waals surface area contributed by atoms with E-state index in [1.54, 1.807) is 14.1 Å². The Morgan fingerprint density at radius 2 is 2.16 bits per heavy atom. The van der Waals surface area contributed by atoms with Crippen LogP contribution < -0.4 is 10.6 Å². The van der Waals surface area contributed by atoms with E-state index in [-0.39, 0.29) is 21.8 Å². The second-order valence-electron chi connectivity index (χ2n) is 3.95. The number of carbonyl (C=O) groups excluding carboxylic acids is 1. The van der Waals surface area contributed by atoms with Crippen LogP contribution in [0.15, 0.2) is 16.6 Å². The number of hydrogen-bond acceptors (Lipinski definition) is 3. The molecule has 0 spiro atoms. The van der Waals surface area contributed by atoms with Crippen molar-refractivity contribution in [1.82, 2.24) is 10.2 Å². The van der Waals surface area contributed by atoms with Crippen molar-refractivity contribution < 1.29 is 9.18 Å². The van der Waals surface area contributed by atoms with E-state index < -0.39 is 5.82 Å². The molecule has 0 aliphatic heterocycles. The Labute approximate surface area is 119 Å². The number of rotatable bonds is 4. The zero-order valence-corrected chi connectivity index (χ0v) is 12.2. The minimum absolute atomic E-state index is 0.136. The molecule has 0 saturated heterocycles. The van der Waals surface area contributed by atoms with Crippen LogP contribution in [0.4, 0.5) is 14.9 Å². The maximum Gasteiger partial charge on any atom is 0.316 e. The van der Waals surface area contributed by atoms with Crippen LogP contribution in [0.2, 0.25) is 0 Å². The molecule has 1 aromatic carbocycles. The quantitative estimate of drug-likeness (QED) is 0.832. The van der Waals surface area contributed by atoms with Crippen molar-refractivity contribution >= 4 is 27.6 Å². The molecule has 7 heteroatoms. The average Bonchev–Trinajstić information content (AvgIpc) is 2.39. The predicted molar refractivity (Wildman–Crippen MR) is 74.4 cm³/mol. The van der Waals surface area contributed by atoms with Crippen molar-refractivity contribution in [2.75, 3.05) is 32.5 Å². The Morgan fingerprint density at radius 1 is 1.47 bits per heavy atom. The molecule has 19 heavy (non-hydrogen) atoms. The van der Waals surface area contributed by atoms with Crippen molar-refractivity contribution in [3.63, 3.8) is 0 Å². The Bertz CT molecular complexity index is 513. The van der Waals surface area contributed by atoms with Crippen LogP contribution >= 0.6 is 15.9 Å². The average molecular weight is 329 g/mol. The largest absolute Gasteiger partial charge is 0.381 e. The van der Waals surface area contributed by atoms with Gasteiger partial charge in [0.2, 0.25) is 0 Å². The Morgan fingerprint density at radius 3 is 2.74 bits per heavy atom. The smallest absolute Gasteiger partial charge is 0.316 e. The highest BCUT2D eigenvalue weighted by atomic mass is 79.9. The number of urea groups is 1. The van der Waals surface area contributed by atoms with Gasteiger partial charge in [0.1, 0.15) is 6.07 Å². The third-order valence-electron chi connectivity index (χ3n) is 2.33. The first-order valence-electron chi connectivity index (χ1n) is 5.54. The van der Waals surface area contributed by atoms with E-state index >= 15 is 0 Å². The second-order valence-corrected chi connectivity index (χ2v) is 4.75. The van der Waals surface area contributed by atoms with Crippen molar-refractivity contribution in [2.45, 2.75) is 0 Å². The van der Waals surface area contributed by atoms with Gasteiger partial charge in [0.15, 0.2) is 5.82 Å². The molecule has 0 heterocycles. The fraction of sp³-hybridized carbons (Fsp3) is 0.333. The lowest BCUT2D eigenvalue weighted by Crippen LogP contribution is -2.37. The first-order chi connectivity index (χ1) is 8.97. The van der Waals surface area contributed by atoms with Gasteiger partial charge in [-0.3, -0.25) is 0 Å². The van der Waals surface area contributed by atoms with Crippen molar-refractivity contribution in [2.24, 2.45) is 0 Å². The molecule has 5 nitrogen and oxygen atoms in total. The Balaban J connectivity index is 2.53. The molecule has 1 rings (SSSR count). The van der Waals surface area contributed by atoms with Crippen LogP contribution in [-0.2, 0) is 0 Å². The number of halogens is 2. The number of nitrogens with one attached hydrogen (secondary N) is 2. The molecule has 102 valence electrons. The van der Waals surface area contributed by atoms with Gasteiger partial charge in [-0.25, -0.2) is 9.18 Å². The summed E-state index contributed by atoms with van der Waals surface area (Å²) in [5.41, 5.74) is 0.522. The fourth-order valence-corrected chi connectivity index (χ4v) is 1.73. The van der Waals surface area contributed by atoms with Crippen LogP contribution in [0, 0.1) is 17.1 Å². The summed E-state index contributed by atoms with van der Waals surface area (Å²) in [6, 6.07) is 4.69. The summed E-state index contributed by atoms with van der Waals surface area (Å²) in [5, 5.41) is 14.2. The van der Waals surface area contributed by atoms with Crippen molar-refractivity contribution in [3.8, 4) is 6.07 Å². The summed E-state index contributed by atoms with van der Waals surface area (Å²) in [4.78, 5) is 12.6. The summed E-state index contributed by atoms with van der Waals surface area (Å²) >= 11 is 3.03. The number of benzene rings is 1. The third kappa shape index (κ3) is 4.10. The highest BCUT2D eigenvalue weighted by Crippen LogP contribution is 2.26. The van der Waals surface area contributed by atoms with Gasteiger partial charge in [-0.1, -0.05) is 0 Å². The van der Waals surface area contributed by atoms with E-state index in [4.69, 9.17) is 5.26 Å².